The smallest absolute Gasteiger partial charge is 0.352 e. The molecule has 0 radical (unpaired) electrons. The number of nitrogens with zero attached hydrogens (tertiary/aromatic N) is 7. The average Bonchev–Trinajstić information content (AvgIpc) is 3.45. The second-order valence-electron chi connectivity index (χ2n) is 7.17. The highest BCUT2D eigenvalue weighted by atomic mass is 32.2. The molecular formula is C17H17N9O7S3. The van der Waals surface area contributed by atoms with Gasteiger partial charge in [0.15, 0.2) is 10.8 Å². The molecule has 16 nitrogen and oxygen atoms in total. The van der Waals surface area contributed by atoms with E-state index in [0.29, 0.717) is 16.5 Å². The number of tetrazole rings is 1. The van der Waals surface area contributed by atoms with Crippen LogP contribution in [0.5, 0.6) is 0 Å². The van der Waals surface area contributed by atoms with Crippen LogP contribution in [0.4, 0.5) is 5.13 Å². The Bertz CT molecular complexity index is 1290. The Kier molecular flexibility index (Phi) is 7.40. The van der Waals surface area contributed by atoms with Gasteiger partial charge in [-0.2, -0.15) is 0 Å². The first-order valence-corrected chi connectivity index (χ1v) is 12.8. The quantitative estimate of drug-likeness (QED) is 0.114. The molecule has 4 heterocycles. The summed E-state index contributed by atoms with van der Waals surface area (Å²) in [5.74, 6) is -3.51. The predicted molar refractivity (Wildman–Crippen MR) is 126 cm³/mol. The number of β-lactam (4-membered cyclic amide) rings is 1. The standard InChI is InChI=1S/C17H17N9O7S3/c1-25-17(21-23-24-25)36-4-6-3-34-14-10(13(30)26(14)11(6)15(31)32)20-12(29)9(22-33-2-8(27)28)7-5-35-16(18)19-7/h5,10,14H,2-4H2,1H3,(H2,18,19)(H,20,29)(H,27,28)(H,31,32)/b22-9+. The lowest BCUT2D eigenvalue weighted by molar-refractivity contribution is -0.150. The first kappa shape index (κ1) is 25.4. The monoisotopic (exact) mass is 555 g/mol. The van der Waals surface area contributed by atoms with Gasteiger partial charge in [0.2, 0.25) is 11.8 Å². The van der Waals surface area contributed by atoms with Crippen molar-refractivity contribution < 1.29 is 34.2 Å². The third-order valence-corrected chi connectivity index (χ3v) is 7.93. The highest BCUT2D eigenvalue weighted by Gasteiger charge is 2.54. The van der Waals surface area contributed by atoms with Crippen molar-refractivity contribution in [1.82, 2.24) is 35.4 Å². The maximum Gasteiger partial charge on any atom is 0.352 e. The number of hydrogen-bond acceptors (Lipinski definition) is 14. The Hall–Kier alpha value is -3.71. The number of hydrogen-bond donors (Lipinski definition) is 4. The van der Waals surface area contributed by atoms with Crippen LogP contribution in [-0.2, 0) is 31.1 Å². The van der Waals surface area contributed by atoms with Gasteiger partial charge in [-0.25, -0.2) is 19.3 Å². The summed E-state index contributed by atoms with van der Waals surface area (Å²) >= 11 is 3.54. The number of oxime groups is 1. The highest BCUT2D eigenvalue weighted by Crippen LogP contribution is 2.41. The van der Waals surface area contributed by atoms with Gasteiger partial charge in [0.05, 0.1) is 0 Å². The number of thioether (sulfide) groups is 2. The van der Waals surface area contributed by atoms with Crippen molar-refractivity contribution in [2.45, 2.75) is 16.6 Å². The number of rotatable bonds is 10. The summed E-state index contributed by atoms with van der Waals surface area (Å²) in [6.07, 6.45) is 0. The minimum atomic E-state index is -1.31. The van der Waals surface area contributed by atoms with Crippen molar-refractivity contribution in [3.63, 3.8) is 0 Å². The minimum absolute atomic E-state index is 0.0315. The van der Waals surface area contributed by atoms with E-state index in [9.17, 15) is 24.3 Å². The number of carbonyl (C=O) groups is 4. The van der Waals surface area contributed by atoms with E-state index in [1.165, 1.54) is 33.6 Å². The molecular weight excluding hydrogens is 538 g/mol. The zero-order valence-electron chi connectivity index (χ0n) is 18.2. The fraction of sp³-hybridized carbons (Fsp3) is 0.353. The molecule has 5 N–H and O–H groups in total. The molecule has 2 unspecified atom stereocenters. The molecule has 2 aliphatic rings. The number of thiazole rings is 1. The molecule has 0 spiro atoms. The summed E-state index contributed by atoms with van der Waals surface area (Å²) in [6, 6.07) is -1.05. The number of aryl methyl sites for hydroxylation is 1. The summed E-state index contributed by atoms with van der Waals surface area (Å²) in [4.78, 5) is 58.3. The number of anilines is 1. The minimum Gasteiger partial charge on any atom is -0.479 e. The predicted octanol–water partition coefficient (Wildman–Crippen LogP) is -1.41. The molecule has 2 atom stereocenters. The zero-order chi connectivity index (χ0) is 26.0. The normalized spacial score (nSPS) is 19.5. The van der Waals surface area contributed by atoms with Gasteiger partial charge >= 0.3 is 11.9 Å². The molecule has 2 amide bonds. The molecule has 2 aromatic heterocycles. The van der Waals surface area contributed by atoms with Crippen LogP contribution in [0, 0.1) is 0 Å². The number of aromatic nitrogens is 5. The van der Waals surface area contributed by atoms with E-state index in [0.717, 1.165) is 16.2 Å². The van der Waals surface area contributed by atoms with E-state index in [1.54, 1.807) is 7.05 Å². The Labute approximate surface area is 213 Å². The van der Waals surface area contributed by atoms with Crippen LogP contribution >= 0.6 is 34.9 Å². The van der Waals surface area contributed by atoms with E-state index in [4.69, 9.17) is 10.8 Å². The van der Waals surface area contributed by atoms with E-state index in [1.807, 2.05) is 0 Å². The molecule has 4 rings (SSSR count). The molecule has 1 saturated heterocycles. The van der Waals surface area contributed by atoms with E-state index < -0.39 is 41.8 Å². The fourth-order valence-electron chi connectivity index (χ4n) is 3.25. The van der Waals surface area contributed by atoms with Crippen molar-refractivity contribution in [1.29, 1.82) is 0 Å². The lowest BCUT2D eigenvalue weighted by Gasteiger charge is -2.49. The first-order chi connectivity index (χ1) is 17.2. The van der Waals surface area contributed by atoms with Crippen molar-refractivity contribution in [2.24, 2.45) is 12.2 Å². The van der Waals surface area contributed by atoms with Gasteiger partial charge in [-0.15, -0.1) is 28.2 Å². The molecule has 19 heteroatoms. The van der Waals surface area contributed by atoms with Crippen molar-refractivity contribution in [3.05, 3.63) is 22.3 Å². The van der Waals surface area contributed by atoms with Crippen LogP contribution in [-0.4, -0.2) is 99.3 Å². The number of amides is 2. The van der Waals surface area contributed by atoms with Gasteiger partial charge in [-0.05, 0) is 16.0 Å². The zero-order valence-corrected chi connectivity index (χ0v) is 20.7. The number of carboxylic acid groups (broad SMARTS) is 2. The molecule has 0 aromatic carbocycles. The summed E-state index contributed by atoms with van der Waals surface area (Å²) in [7, 11) is 1.65. The molecule has 0 aliphatic carbocycles. The van der Waals surface area contributed by atoms with Crippen LogP contribution in [0.25, 0.3) is 0 Å². The Morgan fingerprint density at radius 1 is 1.39 bits per heavy atom. The summed E-state index contributed by atoms with van der Waals surface area (Å²) < 4.78 is 1.44. The molecule has 0 bridgehead atoms. The molecule has 190 valence electrons. The van der Waals surface area contributed by atoms with Crippen LogP contribution in [0.15, 0.2) is 27.0 Å². The molecule has 0 saturated carbocycles. The first-order valence-electron chi connectivity index (χ1n) is 9.86. The second-order valence-corrected chi connectivity index (χ2v) is 10.1. The Balaban J connectivity index is 1.49. The molecule has 36 heavy (non-hydrogen) atoms. The summed E-state index contributed by atoms with van der Waals surface area (Å²) in [5.41, 5.74) is 5.63. The maximum atomic E-state index is 12.9. The van der Waals surface area contributed by atoms with Crippen LogP contribution in [0.3, 0.4) is 0 Å². The highest BCUT2D eigenvalue weighted by molar-refractivity contribution is 8.01. The van der Waals surface area contributed by atoms with Gasteiger partial charge in [0.25, 0.3) is 11.8 Å². The Morgan fingerprint density at radius 2 is 2.17 bits per heavy atom. The van der Waals surface area contributed by atoms with E-state index in [2.05, 4.69) is 35.8 Å². The van der Waals surface area contributed by atoms with Gasteiger partial charge in [0, 0.05) is 23.9 Å². The van der Waals surface area contributed by atoms with Crippen molar-refractivity contribution >= 4 is 69.5 Å². The third kappa shape index (κ3) is 5.11. The topological polar surface area (TPSA) is 228 Å². The van der Waals surface area contributed by atoms with Crippen LogP contribution in [0.2, 0.25) is 0 Å². The summed E-state index contributed by atoms with van der Waals surface area (Å²) in [5, 5.41) is 37.1. The number of carbonyl (C=O) groups excluding carboxylic acids is 2. The number of carboxylic acids is 2. The largest absolute Gasteiger partial charge is 0.479 e. The van der Waals surface area contributed by atoms with Gasteiger partial charge in [0.1, 0.15) is 22.8 Å². The van der Waals surface area contributed by atoms with Crippen molar-refractivity contribution in [2.75, 3.05) is 23.8 Å². The maximum absolute atomic E-state index is 12.9. The van der Waals surface area contributed by atoms with E-state index >= 15 is 0 Å². The van der Waals surface area contributed by atoms with Gasteiger partial charge in [-0.1, -0.05) is 16.9 Å². The number of nitrogen functional groups attached to an aromatic ring is 1. The summed E-state index contributed by atoms with van der Waals surface area (Å²) in [6.45, 7) is -0.803. The lowest BCUT2D eigenvalue weighted by Crippen LogP contribution is -2.71. The van der Waals surface area contributed by atoms with Crippen molar-refractivity contribution in [3.8, 4) is 0 Å². The SMILES string of the molecule is Cn1nnnc1SCC1=C(C(=O)O)N2C(=O)C(NC(=O)/C(=N/OCC(=O)O)c3csc(N)n3)C2SC1. The molecule has 2 aliphatic heterocycles. The third-order valence-electron chi connectivity index (χ3n) is 4.82. The van der Waals surface area contributed by atoms with Gasteiger partial charge < -0.3 is 26.1 Å². The lowest BCUT2D eigenvalue weighted by atomic mass is 10.0. The second kappa shape index (κ2) is 10.5. The number of aliphatic carboxylic acids is 2. The van der Waals surface area contributed by atoms with Crippen LogP contribution in [0.1, 0.15) is 5.69 Å². The molecule has 1 fully saturated rings. The number of nitrogens with two attached hydrogens (primary N) is 1. The fourth-order valence-corrected chi connectivity index (χ4v) is 6.13. The number of fused-ring (bicyclic) bond motifs is 1. The Morgan fingerprint density at radius 3 is 2.78 bits per heavy atom. The van der Waals surface area contributed by atoms with Gasteiger partial charge in [-0.3, -0.25) is 14.5 Å². The van der Waals surface area contributed by atoms with E-state index in [-0.39, 0.29) is 28.0 Å². The average molecular weight is 556 g/mol. The molecule has 2 aromatic rings. The van der Waals surface area contributed by atoms with Crippen LogP contribution < -0.4 is 11.1 Å². The number of nitrogens with one attached hydrogen (secondary N) is 1.